The quantitative estimate of drug-likeness (QED) is 0.135. The fourth-order valence-electron chi connectivity index (χ4n) is 4.18. The van der Waals surface area contributed by atoms with E-state index in [0.717, 1.165) is 0 Å². The lowest BCUT2D eigenvalue weighted by Gasteiger charge is -2.02. The molecule has 0 aliphatic rings. The van der Waals surface area contributed by atoms with Crippen molar-refractivity contribution in [3.8, 4) is 0 Å². The molecule has 30 heavy (non-hydrogen) atoms. The molecule has 0 heteroatoms. The Morgan fingerprint density at radius 3 is 0.367 bits per heavy atom. The van der Waals surface area contributed by atoms with Crippen molar-refractivity contribution in [2.24, 2.45) is 0 Å². The van der Waals surface area contributed by atoms with Crippen LogP contribution in [0.3, 0.4) is 0 Å². The Morgan fingerprint density at radius 1 is 0.167 bits per heavy atom. The zero-order valence-corrected chi connectivity index (χ0v) is 22.4. The van der Waals surface area contributed by atoms with Crippen LogP contribution in [0.15, 0.2) is 0 Å². The van der Waals surface area contributed by atoms with Gasteiger partial charge in [0.2, 0.25) is 0 Å². The van der Waals surface area contributed by atoms with Gasteiger partial charge in [0.25, 0.3) is 0 Å². The van der Waals surface area contributed by atoms with Crippen molar-refractivity contribution in [2.45, 2.75) is 195 Å². The molecule has 0 aromatic heterocycles. The van der Waals surface area contributed by atoms with Gasteiger partial charge in [-0.1, -0.05) is 195 Å². The first kappa shape index (κ1) is 32.2. The molecule has 184 valence electrons. The molecule has 0 aromatic rings. The third-order valence-electron chi connectivity index (χ3n) is 6.41. The smallest absolute Gasteiger partial charge is 0.0533 e. The SMILES string of the molecule is CCCCCCCCCCCCCC.CCCCCCCCCCCCCCCC. The normalized spacial score (nSPS) is 10.8. The second-order valence-corrected chi connectivity index (χ2v) is 9.78. The number of hydrogen-bond acceptors (Lipinski definition) is 0. The first-order valence-electron chi connectivity index (χ1n) is 14.8. The fraction of sp³-hybridized carbons (Fsp3) is 1.00. The lowest BCUT2D eigenvalue weighted by atomic mass is 10.0. The summed E-state index contributed by atoms with van der Waals surface area (Å²) in [6.45, 7) is 9.15. The van der Waals surface area contributed by atoms with E-state index in [1.807, 2.05) is 0 Å². The van der Waals surface area contributed by atoms with Crippen LogP contribution in [0.1, 0.15) is 195 Å². The van der Waals surface area contributed by atoms with E-state index in [2.05, 4.69) is 27.7 Å². The van der Waals surface area contributed by atoms with Crippen molar-refractivity contribution in [2.75, 3.05) is 0 Å². The standard InChI is InChI=1S/C16H34.C14H30/c1-3-5-7-9-11-13-15-16-14-12-10-8-6-4-2;1-3-5-7-9-11-13-14-12-10-8-6-4-2/h3-16H2,1-2H3;3-14H2,1-2H3. The van der Waals surface area contributed by atoms with Crippen LogP contribution in [0.4, 0.5) is 0 Å². The summed E-state index contributed by atoms with van der Waals surface area (Å²) < 4.78 is 0. The van der Waals surface area contributed by atoms with E-state index in [0.29, 0.717) is 0 Å². The third-order valence-corrected chi connectivity index (χ3v) is 6.41. The molecule has 0 heterocycles. The minimum absolute atomic E-state index is 1.37. The molecule has 0 fully saturated rings. The van der Waals surface area contributed by atoms with Crippen molar-refractivity contribution in [1.29, 1.82) is 0 Å². The van der Waals surface area contributed by atoms with Gasteiger partial charge in [0, 0.05) is 0 Å². The van der Waals surface area contributed by atoms with Crippen LogP contribution in [0.5, 0.6) is 0 Å². The maximum Gasteiger partial charge on any atom is -0.0533 e. The molecule has 0 aromatic carbocycles. The van der Waals surface area contributed by atoms with Gasteiger partial charge < -0.3 is 0 Å². The number of hydrogen-bond donors (Lipinski definition) is 0. The summed E-state index contributed by atoms with van der Waals surface area (Å²) in [5.74, 6) is 0. The third kappa shape index (κ3) is 35.4. The first-order chi connectivity index (χ1) is 14.8. The fourth-order valence-corrected chi connectivity index (χ4v) is 4.18. The summed E-state index contributed by atoms with van der Waals surface area (Å²) in [7, 11) is 0. The summed E-state index contributed by atoms with van der Waals surface area (Å²) in [6, 6.07) is 0. The molecule has 0 spiro atoms. The lowest BCUT2D eigenvalue weighted by Crippen LogP contribution is -1.82. The topological polar surface area (TPSA) is 0 Å². The van der Waals surface area contributed by atoms with Crippen molar-refractivity contribution >= 4 is 0 Å². The molecular formula is C30H64. The van der Waals surface area contributed by atoms with Crippen LogP contribution in [0.25, 0.3) is 0 Å². The Balaban J connectivity index is 0. The van der Waals surface area contributed by atoms with E-state index in [9.17, 15) is 0 Å². The second-order valence-electron chi connectivity index (χ2n) is 9.78. The molecule has 0 unspecified atom stereocenters. The minimum atomic E-state index is 1.37. The van der Waals surface area contributed by atoms with Crippen LogP contribution in [-0.2, 0) is 0 Å². The van der Waals surface area contributed by atoms with Gasteiger partial charge in [-0.25, -0.2) is 0 Å². The summed E-state index contributed by atoms with van der Waals surface area (Å²) in [6.07, 6.45) is 37.8. The molecule has 0 bridgehead atoms. The van der Waals surface area contributed by atoms with Crippen LogP contribution < -0.4 is 0 Å². The molecule has 0 aliphatic carbocycles. The molecule has 0 saturated heterocycles. The van der Waals surface area contributed by atoms with Gasteiger partial charge in [-0.3, -0.25) is 0 Å². The molecule has 0 atom stereocenters. The highest BCUT2D eigenvalue weighted by Gasteiger charge is 1.93. The van der Waals surface area contributed by atoms with E-state index in [4.69, 9.17) is 0 Å². The van der Waals surface area contributed by atoms with E-state index in [1.54, 1.807) is 0 Å². The van der Waals surface area contributed by atoms with E-state index >= 15 is 0 Å². The van der Waals surface area contributed by atoms with Crippen LogP contribution in [-0.4, -0.2) is 0 Å². The van der Waals surface area contributed by atoms with Gasteiger partial charge >= 0.3 is 0 Å². The Labute approximate surface area is 194 Å². The average Bonchev–Trinajstić information content (AvgIpc) is 2.76. The van der Waals surface area contributed by atoms with Gasteiger partial charge in [-0.2, -0.15) is 0 Å². The Kier molecular flexibility index (Phi) is 36.1. The Hall–Kier alpha value is 0. The molecule has 0 aliphatic heterocycles. The number of rotatable bonds is 24. The van der Waals surface area contributed by atoms with Crippen molar-refractivity contribution in [3.63, 3.8) is 0 Å². The molecular weight excluding hydrogens is 360 g/mol. The van der Waals surface area contributed by atoms with Gasteiger partial charge in [0.15, 0.2) is 0 Å². The summed E-state index contributed by atoms with van der Waals surface area (Å²) in [4.78, 5) is 0. The minimum Gasteiger partial charge on any atom is -0.0654 e. The van der Waals surface area contributed by atoms with E-state index < -0.39 is 0 Å². The number of unbranched alkanes of at least 4 members (excludes halogenated alkanes) is 24. The Morgan fingerprint density at radius 2 is 0.267 bits per heavy atom. The monoisotopic (exact) mass is 425 g/mol. The summed E-state index contributed by atoms with van der Waals surface area (Å²) >= 11 is 0. The lowest BCUT2D eigenvalue weighted by molar-refractivity contribution is 0.538. The van der Waals surface area contributed by atoms with Crippen molar-refractivity contribution in [3.05, 3.63) is 0 Å². The van der Waals surface area contributed by atoms with Crippen molar-refractivity contribution < 1.29 is 0 Å². The predicted molar refractivity (Wildman–Crippen MR) is 143 cm³/mol. The predicted octanol–water partition coefficient (Wildman–Crippen LogP) is 12.2. The van der Waals surface area contributed by atoms with E-state index in [1.165, 1.54) is 167 Å². The summed E-state index contributed by atoms with van der Waals surface area (Å²) in [5.41, 5.74) is 0. The van der Waals surface area contributed by atoms with Crippen LogP contribution in [0.2, 0.25) is 0 Å². The highest BCUT2D eigenvalue weighted by atomic mass is 14.0. The molecule has 0 N–H and O–H groups in total. The molecule has 0 nitrogen and oxygen atoms in total. The maximum absolute atomic E-state index is 2.29. The zero-order valence-electron chi connectivity index (χ0n) is 22.4. The van der Waals surface area contributed by atoms with Gasteiger partial charge in [0.05, 0.1) is 0 Å². The molecule has 0 rings (SSSR count). The highest BCUT2D eigenvalue weighted by molar-refractivity contribution is 4.49. The van der Waals surface area contributed by atoms with Gasteiger partial charge in [-0.15, -0.1) is 0 Å². The second kappa shape index (κ2) is 33.6. The van der Waals surface area contributed by atoms with Crippen LogP contribution >= 0.6 is 0 Å². The Bertz CT molecular complexity index is 218. The molecule has 0 radical (unpaired) electrons. The summed E-state index contributed by atoms with van der Waals surface area (Å²) in [5, 5.41) is 0. The average molecular weight is 425 g/mol. The van der Waals surface area contributed by atoms with Crippen LogP contribution in [0, 0.1) is 0 Å². The van der Waals surface area contributed by atoms with Gasteiger partial charge in [0.1, 0.15) is 0 Å². The largest absolute Gasteiger partial charge is 0.0654 e. The highest BCUT2D eigenvalue weighted by Crippen LogP contribution is 2.13. The maximum atomic E-state index is 2.29. The van der Waals surface area contributed by atoms with E-state index in [-0.39, 0.29) is 0 Å². The van der Waals surface area contributed by atoms with Gasteiger partial charge in [-0.05, 0) is 0 Å². The molecule has 0 saturated carbocycles. The zero-order chi connectivity index (χ0) is 22.4. The first-order valence-corrected chi connectivity index (χ1v) is 14.8. The molecule has 0 amide bonds. The van der Waals surface area contributed by atoms with Crippen molar-refractivity contribution in [1.82, 2.24) is 0 Å².